The second-order valence-electron chi connectivity index (χ2n) is 7.96. The van der Waals surface area contributed by atoms with Gasteiger partial charge in [0, 0.05) is 19.7 Å². The van der Waals surface area contributed by atoms with E-state index in [0.717, 1.165) is 11.5 Å². The monoisotopic (exact) mass is 400 g/mol. The quantitative estimate of drug-likeness (QED) is 0.656. The summed E-state index contributed by atoms with van der Waals surface area (Å²) in [5, 5.41) is 0. The number of ether oxygens (including phenoxy) is 1. The van der Waals surface area contributed by atoms with Crippen LogP contribution in [0.25, 0.3) is 0 Å². The Morgan fingerprint density at radius 2 is 1.66 bits per heavy atom. The fourth-order valence-corrected chi connectivity index (χ4v) is 3.80. The van der Waals surface area contributed by atoms with E-state index in [9.17, 15) is 9.18 Å². The number of hydrogen-bond acceptors (Lipinski definition) is 3. The molecule has 4 rings (SSSR count). The number of benzene rings is 2. The maximum Gasteiger partial charge on any atom is 0.404 e. The number of anilines is 1. The number of rotatable bonds is 6. The highest BCUT2D eigenvalue weighted by Gasteiger charge is 2.29. The largest absolute Gasteiger partial charge is 0.445 e. The molecule has 0 aliphatic heterocycles. The van der Waals surface area contributed by atoms with Gasteiger partial charge in [-0.2, -0.15) is 0 Å². The Balaban J connectivity index is 0.000000232. The Labute approximate surface area is 174 Å². The molecule has 0 aromatic heterocycles. The molecule has 2 aromatic rings. The van der Waals surface area contributed by atoms with Crippen molar-refractivity contribution < 1.29 is 15.3 Å². The van der Waals surface area contributed by atoms with Crippen LogP contribution in [0.4, 0.5) is 14.9 Å². The summed E-state index contributed by atoms with van der Waals surface area (Å²) < 4.78 is 17.6. The minimum Gasteiger partial charge on any atom is -0.445 e. The average Bonchev–Trinajstić information content (AvgIpc) is 3.57. The third kappa shape index (κ3) is 7.41. The minimum atomic E-state index is -0.742. The summed E-state index contributed by atoms with van der Waals surface area (Å²) in [6.45, 7) is 1.42. The highest BCUT2D eigenvalue weighted by Crippen LogP contribution is 2.35. The molecule has 0 spiro atoms. The van der Waals surface area contributed by atoms with Crippen LogP contribution >= 0.6 is 0 Å². The van der Waals surface area contributed by atoms with Gasteiger partial charge in [-0.1, -0.05) is 49.6 Å². The van der Waals surface area contributed by atoms with Gasteiger partial charge in [-0.3, -0.25) is 0 Å². The van der Waals surface area contributed by atoms with Gasteiger partial charge in [0.05, 0.1) is 0 Å². The van der Waals surface area contributed by atoms with Crippen molar-refractivity contribution in [1.82, 2.24) is 0 Å². The predicted molar refractivity (Wildman–Crippen MR) is 116 cm³/mol. The molecule has 1 amide bonds. The second kappa shape index (κ2) is 10.8. The van der Waals surface area contributed by atoms with Gasteiger partial charge < -0.3 is 15.4 Å². The van der Waals surface area contributed by atoms with Crippen LogP contribution in [0.15, 0.2) is 54.6 Å². The zero-order valence-corrected chi connectivity index (χ0v) is 16.9. The molecule has 0 bridgehead atoms. The molecular weight excluding hydrogens is 367 g/mol. The van der Waals surface area contributed by atoms with Gasteiger partial charge in [0.1, 0.15) is 12.4 Å². The van der Waals surface area contributed by atoms with E-state index in [0.29, 0.717) is 6.04 Å². The van der Waals surface area contributed by atoms with Gasteiger partial charge in [-0.25, -0.2) is 9.18 Å². The lowest BCUT2D eigenvalue weighted by atomic mass is 9.93. The molecule has 2 saturated carbocycles. The number of primary amides is 1. The smallest absolute Gasteiger partial charge is 0.404 e. The first kappa shape index (κ1) is 21.2. The highest BCUT2D eigenvalue weighted by atomic mass is 19.1. The predicted octanol–water partition coefficient (Wildman–Crippen LogP) is 5.90. The summed E-state index contributed by atoms with van der Waals surface area (Å²) in [5.41, 5.74) is 6.93. The lowest BCUT2D eigenvalue weighted by molar-refractivity contribution is 0.150. The van der Waals surface area contributed by atoms with Crippen LogP contribution in [0.3, 0.4) is 0 Å². The second-order valence-corrected chi connectivity index (χ2v) is 7.96. The Hall–Kier alpha value is -2.56. The van der Waals surface area contributed by atoms with Crippen molar-refractivity contribution in [2.45, 2.75) is 57.6 Å². The Morgan fingerprint density at radius 1 is 1.00 bits per heavy atom. The number of carbonyl (C=O) groups is 1. The average molecular weight is 401 g/mol. The van der Waals surface area contributed by atoms with Crippen molar-refractivity contribution in [3.63, 3.8) is 0 Å². The fraction of sp³-hybridized carbons (Fsp3) is 0.458. The molecule has 2 aliphatic rings. The molecule has 0 radical (unpaired) electrons. The normalized spacial score (nSPS) is 16.4. The first-order chi connectivity index (χ1) is 14.1. The van der Waals surface area contributed by atoms with Gasteiger partial charge >= 0.3 is 6.09 Å². The number of nitrogens with zero attached hydrogens (tertiary/aromatic N) is 1. The van der Waals surface area contributed by atoms with Crippen molar-refractivity contribution in [2.24, 2.45) is 11.7 Å². The third-order valence-corrected chi connectivity index (χ3v) is 5.55. The zero-order chi connectivity index (χ0) is 20.5. The molecule has 0 saturated heterocycles. The van der Waals surface area contributed by atoms with E-state index in [-0.39, 0.29) is 13.9 Å². The van der Waals surface area contributed by atoms with Gasteiger partial charge in [0.25, 0.3) is 0 Å². The Morgan fingerprint density at radius 3 is 2.24 bits per heavy atom. The summed E-state index contributed by atoms with van der Waals surface area (Å²) in [6.07, 6.45) is 8.73. The zero-order valence-electron chi connectivity index (χ0n) is 16.9. The van der Waals surface area contributed by atoms with E-state index in [1.165, 1.54) is 57.2 Å². The lowest BCUT2D eigenvalue weighted by Crippen LogP contribution is -2.38. The molecule has 2 N–H and O–H groups in total. The SMILES string of the molecule is Fc1ccc(N(CC2CC2)C2CCCCC2)cc1.NC(=O)OCc1ccccc1.[HH]. The van der Waals surface area contributed by atoms with Crippen molar-refractivity contribution in [2.75, 3.05) is 11.4 Å². The van der Waals surface area contributed by atoms with E-state index in [1.54, 1.807) is 12.1 Å². The maximum absolute atomic E-state index is 13.0. The number of nitrogens with two attached hydrogens (primary N) is 1. The summed E-state index contributed by atoms with van der Waals surface area (Å²) in [5.74, 6) is 0.755. The van der Waals surface area contributed by atoms with E-state index in [2.05, 4.69) is 9.64 Å². The third-order valence-electron chi connectivity index (χ3n) is 5.55. The van der Waals surface area contributed by atoms with Crippen LogP contribution in [-0.4, -0.2) is 18.7 Å². The Bertz CT molecular complexity index is 748. The first-order valence-corrected chi connectivity index (χ1v) is 10.6. The molecular formula is C24H33FN2O2. The van der Waals surface area contributed by atoms with Gasteiger partial charge in [0.15, 0.2) is 0 Å². The Kier molecular flexibility index (Phi) is 7.91. The number of amides is 1. The molecule has 29 heavy (non-hydrogen) atoms. The summed E-state index contributed by atoms with van der Waals surface area (Å²) in [4.78, 5) is 12.7. The molecule has 0 atom stereocenters. The van der Waals surface area contributed by atoms with E-state index in [1.807, 2.05) is 42.5 Å². The molecule has 0 heterocycles. The molecule has 0 unspecified atom stereocenters. The van der Waals surface area contributed by atoms with Gasteiger partial charge in [0.2, 0.25) is 0 Å². The highest BCUT2D eigenvalue weighted by molar-refractivity contribution is 5.64. The molecule has 2 aliphatic carbocycles. The van der Waals surface area contributed by atoms with Crippen LogP contribution in [-0.2, 0) is 11.3 Å². The fourth-order valence-electron chi connectivity index (χ4n) is 3.80. The summed E-state index contributed by atoms with van der Waals surface area (Å²) in [7, 11) is 0. The van der Waals surface area contributed by atoms with Crippen molar-refractivity contribution >= 4 is 11.8 Å². The van der Waals surface area contributed by atoms with Crippen LogP contribution in [0.1, 0.15) is 51.9 Å². The van der Waals surface area contributed by atoms with Crippen molar-refractivity contribution in [3.8, 4) is 0 Å². The molecule has 2 aromatic carbocycles. The molecule has 4 nitrogen and oxygen atoms in total. The van der Waals surface area contributed by atoms with Crippen LogP contribution in [0, 0.1) is 11.7 Å². The van der Waals surface area contributed by atoms with Crippen molar-refractivity contribution in [3.05, 3.63) is 66.0 Å². The van der Waals surface area contributed by atoms with Crippen LogP contribution < -0.4 is 10.6 Å². The van der Waals surface area contributed by atoms with E-state index in [4.69, 9.17) is 5.73 Å². The van der Waals surface area contributed by atoms with Crippen molar-refractivity contribution in [1.29, 1.82) is 0 Å². The summed E-state index contributed by atoms with van der Waals surface area (Å²) >= 11 is 0. The van der Waals surface area contributed by atoms with Crippen LogP contribution in [0.2, 0.25) is 0 Å². The molecule has 158 valence electrons. The minimum absolute atomic E-state index is 0. The number of halogens is 1. The topological polar surface area (TPSA) is 55.6 Å². The first-order valence-electron chi connectivity index (χ1n) is 10.6. The van der Waals surface area contributed by atoms with Gasteiger partial charge in [-0.15, -0.1) is 0 Å². The molecule has 2 fully saturated rings. The lowest BCUT2D eigenvalue weighted by Gasteiger charge is -2.36. The van der Waals surface area contributed by atoms with E-state index < -0.39 is 6.09 Å². The standard InChI is InChI=1S/C16H22FN.C8H9NO2.H2/c17-14-8-10-16(11-9-14)18(12-13-6-7-13)15-4-2-1-3-5-15;9-8(10)11-6-7-4-2-1-3-5-7;/h8-11,13,15H,1-7,12H2;1-5H,6H2,(H2,9,10);1H. The molecule has 5 heteroatoms. The van der Waals surface area contributed by atoms with E-state index >= 15 is 0 Å². The number of hydrogen-bond donors (Lipinski definition) is 1. The maximum atomic E-state index is 13.0. The van der Waals surface area contributed by atoms with Crippen LogP contribution in [0.5, 0.6) is 0 Å². The summed E-state index contributed by atoms with van der Waals surface area (Å²) in [6, 6.07) is 17.2. The number of carbonyl (C=O) groups excluding carboxylic acids is 1. The van der Waals surface area contributed by atoms with Gasteiger partial charge in [-0.05, 0) is 61.4 Å².